The minimum absolute atomic E-state index is 0.0515. The van der Waals surface area contributed by atoms with Crippen molar-refractivity contribution in [2.24, 2.45) is 0 Å². The van der Waals surface area contributed by atoms with E-state index in [1.807, 2.05) is 0 Å². The molecule has 0 aromatic heterocycles. The largest absolute Gasteiger partial charge is 0.478 e. The lowest BCUT2D eigenvalue weighted by Gasteiger charge is -2.40. The number of carboxylic acid groups (broad SMARTS) is 1. The van der Waals surface area contributed by atoms with Crippen molar-refractivity contribution in [3.8, 4) is 0 Å². The van der Waals surface area contributed by atoms with Crippen molar-refractivity contribution in [1.29, 1.82) is 0 Å². The average molecular weight is 343 g/mol. The summed E-state index contributed by atoms with van der Waals surface area (Å²) in [5.74, 6) is -2.29. The highest BCUT2D eigenvalue weighted by molar-refractivity contribution is 5.98. The number of nitrogens with zero attached hydrogens (tertiary/aromatic N) is 1. The molecule has 1 aliphatic rings. The second kappa shape index (κ2) is 7.23. The molecule has 0 unspecified atom stereocenters. The van der Waals surface area contributed by atoms with Crippen molar-refractivity contribution < 1.29 is 33.0 Å². The summed E-state index contributed by atoms with van der Waals surface area (Å²) in [6, 6.07) is 2.47. The highest BCUT2D eigenvalue weighted by Crippen LogP contribution is 2.35. The van der Waals surface area contributed by atoms with E-state index in [0.717, 1.165) is 0 Å². The highest BCUT2D eigenvalue weighted by Gasteiger charge is 2.43. The van der Waals surface area contributed by atoms with Crippen LogP contribution in [0.5, 0.6) is 0 Å². The average Bonchev–Trinajstić information content (AvgIpc) is 2.56. The highest BCUT2D eigenvalue weighted by atomic mass is 19.1. The number of hydrogen-bond donors (Lipinski definition) is 1. The topological polar surface area (TPSA) is 76.1 Å². The third-order valence-corrected chi connectivity index (χ3v) is 4.29. The van der Waals surface area contributed by atoms with Gasteiger partial charge in [0.15, 0.2) is 24.1 Å². The first-order chi connectivity index (χ1) is 11.4. The van der Waals surface area contributed by atoms with Crippen LogP contribution in [0.3, 0.4) is 0 Å². The smallest absolute Gasteiger partial charge is 0.336 e. The van der Waals surface area contributed by atoms with Gasteiger partial charge in [-0.2, -0.15) is 0 Å². The summed E-state index contributed by atoms with van der Waals surface area (Å²) in [6.45, 7) is 0.364. The maximum atomic E-state index is 14.8. The third kappa shape index (κ3) is 3.25. The summed E-state index contributed by atoms with van der Waals surface area (Å²) in [4.78, 5) is 23.7. The van der Waals surface area contributed by atoms with E-state index in [1.165, 1.54) is 26.4 Å². The molecule has 1 N–H and O–H groups in total. The molecule has 2 rings (SSSR count). The van der Waals surface area contributed by atoms with Crippen LogP contribution in [-0.4, -0.2) is 56.6 Å². The van der Waals surface area contributed by atoms with Gasteiger partial charge in [0.1, 0.15) is 0 Å². The summed E-state index contributed by atoms with van der Waals surface area (Å²) in [5.41, 5.74) is -2.52. The van der Waals surface area contributed by atoms with Crippen LogP contribution >= 0.6 is 0 Å². The minimum atomic E-state index is -1.69. The van der Waals surface area contributed by atoms with Crippen LogP contribution in [0, 0.1) is 5.82 Å². The number of benzene rings is 1. The molecule has 6 nitrogen and oxygen atoms in total. The molecule has 8 heteroatoms. The zero-order valence-electron chi connectivity index (χ0n) is 13.4. The van der Waals surface area contributed by atoms with Crippen molar-refractivity contribution in [2.45, 2.75) is 24.8 Å². The van der Waals surface area contributed by atoms with E-state index in [-0.39, 0.29) is 37.9 Å². The minimum Gasteiger partial charge on any atom is -0.478 e. The Kier molecular flexibility index (Phi) is 5.51. The first kappa shape index (κ1) is 18.3. The molecule has 1 aromatic rings. The van der Waals surface area contributed by atoms with Crippen LogP contribution in [-0.2, 0) is 9.47 Å². The van der Waals surface area contributed by atoms with Crippen LogP contribution in [0.15, 0.2) is 12.1 Å². The van der Waals surface area contributed by atoms with Gasteiger partial charge in [0, 0.05) is 40.2 Å². The normalized spacial score (nSPS) is 17.1. The molecular formula is C16H19F2NO5. The molecule has 1 heterocycles. The van der Waals surface area contributed by atoms with E-state index in [9.17, 15) is 18.4 Å². The van der Waals surface area contributed by atoms with Gasteiger partial charge in [0.25, 0.3) is 0 Å². The molecule has 1 fully saturated rings. The summed E-state index contributed by atoms with van der Waals surface area (Å²) >= 11 is 0. The third-order valence-electron chi connectivity index (χ3n) is 4.29. The molecule has 0 spiro atoms. The molecule has 0 amide bonds. The summed E-state index contributed by atoms with van der Waals surface area (Å²) in [7, 11) is 2.70. The molecule has 132 valence electrons. The standard InChI is InChI=1S/C16H19F2NO5/c1-23-15(24-2)16(18)5-7-19(8-6-16)12-4-3-10(14(21)22)11(9-20)13(12)17/h3-4,9,15H,5-8H2,1-2H3,(H,21,22). The first-order valence-corrected chi connectivity index (χ1v) is 7.38. The zero-order chi connectivity index (χ0) is 17.9. The van der Waals surface area contributed by atoms with Gasteiger partial charge >= 0.3 is 5.97 Å². The number of anilines is 1. The number of methoxy groups -OCH3 is 2. The van der Waals surface area contributed by atoms with E-state index in [0.29, 0.717) is 0 Å². The van der Waals surface area contributed by atoms with E-state index >= 15 is 0 Å². The fourth-order valence-electron chi connectivity index (χ4n) is 3.00. The van der Waals surface area contributed by atoms with Crippen LogP contribution < -0.4 is 4.90 Å². The van der Waals surface area contributed by atoms with Crippen LogP contribution in [0.1, 0.15) is 33.6 Å². The van der Waals surface area contributed by atoms with Gasteiger partial charge in [0.05, 0.1) is 16.8 Å². The molecule has 1 aromatic carbocycles. The Morgan fingerprint density at radius 1 is 1.33 bits per heavy atom. The predicted octanol–water partition coefficient (Wildman–Crippen LogP) is 2.26. The lowest BCUT2D eigenvalue weighted by atomic mass is 9.92. The zero-order valence-corrected chi connectivity index (χ0v) is 13.4. The number of ether oxygens (including phenoxy) is 2. The van der Waals surface area contributed by atoms with E-state index in [2.05, 4.69) is 0 Å². The number of carbonyl (C=O) groups excluding carboxylic acids is 1. The quantitative estimate of drug-likeness (QED) is 0.631. The molecule has 1 saturated heterocycles. The number of aromatic carboxylic acids is 1. The van der Waals surface area contributed by atoms with Crippen molar-refractivity contribution in [1.82, 2.24) is 0 Å². The van der Waals surface area contributed by atoms with Crippen LogP contribution in [0.2, 0.25) is 0 Å². The van der Waals surface area contributed by atoms with Crippen LogP contribution in [0.25, 0.3) is 0 Å². The van der Waals surface area contributed by atoms with Gasteiger partial charge in [-0.15, -0.1) is 0 Å². The Balaban J connectivity index is 2.24. The molecule has 0 bridgehead atoms. The summed E-state index contributed by atoms with van der Waals surface area (Å²) < 4.78 is 39.3. The number of rotatable bonds is 6. The fraction of sp³-hybridized carbons (Fsp3) is 0.500. The van der Waals surface area contributed by atoms with E-state index in [4.69, 9.17) is 14.6 Å². The van der Waals surface area contributed by atoms with Gasteiger partial charge in [-0.3, -0.25) is 4.79 Å². The van der Waals surface area contributed by atoms with Gasteiger partial charge in [-0.1, -0.05) is 0 Å². The molecule has 0 radical (unpaired) electrons. The Morgan fingerprint density at radius 3 is 2.38 bits per heavy atom. The molecule has 1 aliphatic heterocycles. The molecule has 0 saturated carbocycles. The van der Waals surface area contributed by atoms with Crippen LogP contribution in [0.4, 0.5) is 14.5 Å². The maximum Gasteiger partial charge on any atom is 0.336 e. The number of hydrogen-bond acceptors (Lipinski definition) is 5. The summed E-state index contributed by atoms with van der Waals surface area (Å²) in [5, 5.41) is 8.99. The SMILES string of the molecule is COC(OC)C1(F)CCN(c2ccc(C(=O)O)c(C=O)c2F)CC1. The lowest BCUT2D eigenvalue weighted by Crippen LogP contribution is -2.50. The fourth-order valence-corrected chi connectivity index (χ4v) is 3.00. The Hall–Kier alpha value is -2.06. The number of halogens is 2. The first-order valence-electron chi connectivity index (χ1n) is 7.38. The van der Waals surface area contributed by atoms with Gasteiger partial charge in [-0.25, -0.2) is 13.6 Å². The molecule has 24 heavy (non-hydrogen) atoms. The Morgan fingerprint density at radius 2 is 1.92 bits per heavy atom. The number of aldehydes is 1. The second-order valence-electron chi connectivity index (χ2n) is 5.61. The molecule has 0 aliphatic carbocycles. The molecule has 0 atom stereocenters. The maximum absolute atomic E-state index is 14.8. The van der Waals surface area contributed by atoms with Gasteiger partial charge < -0.3 is 19.5 Å². The molecular weight excluding hydrogens is 324 g/mol. The summed E-state index contributed by atoms with van der Waals surface area (Å²) in [6.07, 6.45) is -0.729. The Bertz CT molecular complexity index is 625. The van der Waals surface area contributed by atoms with Gasteiger partial charge in [-0.05, 0) is 12.1 Å². The number of alkyl halides is 1. The Labute approximate surface area is 138 Å². The number of carbonyl (C=O) groups is 2. The van der Waals surface area contributed by atoms with Gasteiger partial charge in [0.2, 0.25) is 0 Å². The monoisotopic (exact) mass is 343 g/mol. The van der Waals surface area contributed by atoms with E-state index in [1.54, 1.807) is 4.90 Å². The second-order valence-corrected chi connectivity index (χ2v) is 5.61. The van der Waals surface area contributed by atoms with Crippen molar-refractivity contribution >= 4 is 17.9 Å². The van der Waals surface area contributed by atoms with E-state index < -0.39 is 34.9 Å². The van der Waals surface area contributed by atoms with Crippen molar-refractivity contribution in [3.63, 3.8) is 0 Å². The van der Waals surface area contributed by atoms with Crippen molar-refractivity contribution in [2.75, 3.05) is 32.2 Å². The number of piperidine rings is 1. The number of carboxylic acids is 1. The predicted molar refractivity (Wildman–Crippen MR) is 81.8 cm³/mol. The lowest BCUT2D eigenvalue weighted by molar-refractivity contribution is -0.192. The van der Waals surface area contributed by atoms with Crippen molar-refractivity contribution in [3.05, 3.63) is 29.1 Å².